The lowest BCUT2D eigenvalue weighted by Crippen LogP contribution is -2.29. The first-order valence-electron chi connectivity index (χ1n) is 9.66. The van der Waals surface area contributed by atoms with Gasteiger partial charge < -0.3 is 8.92 Å². The molecule has 1 aromatic heterocycles. The largest absolute Gasteiger partial charge is 0.534 e. The molecule has 1 atom stereocenters. The predicted molar refractivity (Wildman–Crippen MR) is 119 cm³/mol. The van der Waals surface area contributed by atoms with E-state index in [1.165, 1.54) is 42.5 Å². The van der Waals surface area contributed by atoms with Gasteiger partial charge in [-0.15, -0.1) is 0 Å². The minimum Gasteiger partial charge on any atom is -0.462 e. The van der Waals surface area contributed by atoms with Crippen LogP contribution in [0, 0.1) is 0 Å². The zero-order valence-corrected chi connectivity index (χ0v) is 20.0. The number of ether oxygens (including phenoxy) is 1. The van der Waals surface area contributed by atoms with E-state index in [0.29, 0.717) is 11.1 Å². The molecule has 3 rings (SSSR count). The Morgan fingerprint density at radius 2 is 1.68 bits per heavy atom. The van der Waals surface area contributed by atoms with Crippen molar-refractivity contribution in [3.8, 4) is 17.1 Å². The number of benzene rings is 2. The second kappa shape index (κ2) is 9.85. The summed E-state index contributed by atoms with van der Waals surface area (Å²) in [6.07, 6.45) is 0. The van der Waals surface area contributed by atoms with E-state index in [-0.39, 0.29) is 27.9 Å². The summed E-state index contributed by atoms with van der Waals surface area (Å²) in [5.41, 5.74) is -4.47. The van der Waals surface area contributed by atoms with E-state index in [0.717, 1.165) is 10.7 Å². The Labute approximate surface area is 203 Å². The average molecular weight is 537 g/mol. The standard InChI is InChI=1S/C21H17Cl2F3N2O5S/c1-3-32-20(29)14-6-4-13(5-7-14)12(2)28-19(33-34(30,31)21(24,25)26)11-18(27-28)15-8-16(22)10-17(23)9-15/h4-12H,3H2,1-2H3. The fraction of sp³-hybridized carbons (Fsp3) is 0.238. The summed E-state index contributed by atoms with van der Waals surface area (Å²) >= 11 is 12.0. The van der Waals surface area contributed by atoms with E-state index >= 15 is 0 Å². The van der Waals surface area contributed by atoms with Gasteiger partial charge in [0, 0.05) is 21.7 Å². The number of hydrogen-bond acceptors (Lipinski definition) is 6. The van der Waals surface area contributed by atoms with Crippen LogP contribution in [-0.4, -0.2) is 36.3 Å². The molecule has 1 unspecified atom stereocenters. The predicted octanol–water partition coefficient (Wildman–Crippen LogP) is 5.87. The second-order valence-electron chi connectivity index (χ2n) is 6.97. The van der Waals surface area contributed by atoms with Gasteiger partial charge in [-0.1, -0.05) is 35.3 Å². The molecule has 0 aliphatic heterocycles. The number of rotatable bonds is 7. The normalized spacial score (nSPS) is 12.9. The van der Waals surface area contributed by atoms with Crippen molar-refractivity contribution in [3.63, 3.8) is 0 Å². The number of esters is 1. The van der Waals surface area contributed by atoms with Crippen LogP contribution in [-0.2, 0) is 14.9 Å². The van der Waals surface area contributed by atoms with E-state index in [2.05, 4.69) is 9.28 Å². The molecule has 0 aliphatic carbocycles. The number of halogens is 5. The highest BCUT2D eigenvalue weighted by atomic mass is 35.5. The van der Waals surface area contributed by atoms with Crippen molar-refractivity contribution in [2.45, 2.75) is 25.4 Å². The molecule has 0 saturated carbocycles. The lowest BCUT2D eigenvalue weighted by atomic mass is 10.1. The van der Waals surface area contributed by atoms with E-state index < -0.39 is 33.5 Å². The van der Waals surface area contributed by atoms with Gasteiger partial charge in [0.1, 0.15) is 0 Å². The van der Waals surface area contributed by atoms with Crippen LogP contribution in [0.2, 0.25) is 10.0 Å². The molecule has 0 bridgehead atoms. The molecule has 0 fully saturated rings. The molecule has 2 aromatic carbocycles. The van der Waals surface area contributed by atoms with Gasteiger partial charge in [0.15, 0.2) is 0 Å². The zero-order valence-electron chi connectivity index (χ0n) is 17.6. The van der Waals surface area contributed by atoms with E-state index in [4.69, 9.17) is 27.9 Å². The molecule has 0 aliphatic rings. The fourth-order valence-corrected chi connectivity index (χ4v) is 3.94. The van der Waals surface area contributed by atoms with E-state index in [9.17, 15) is 26.4 Å². The summed E-state index contributed by atoms with van der Waals surface area (Å²) in [7, 11) is -5.97. The topological polar surface area (TPSA) is 87.5 Å². The monoisotopic (exact) mass is 536 g/mol. The van der Waals surface area contributed by atoms with Gasteiger partial charge in [0.2, 0.25) is 5.88 Å². The Morgan fingerprint density at radius 3 is 2.21 bits per heavy atom. The maximum atomic E-state index is 13.0. The van der Waals surface area contributed by atoms with Crippen molar-refractivity contribution < 1.29 is 35.3 Å². The molecule has 0 radical (unpaired) electrons. The number of alkyl halides is 3. The Morgan fingerprint density at radius 1 is 1.09 bits per heavy atom. The molecular formula is C21H17Cl2F3N2O5S. The van der Waals surface area contributed by atoms with Crippen molar-refractivity contribution in [2.75, 3.05) is 6.61 Å². The van der Waals surface area contributed by atoms with Gasteiger partial charge >= 0.3 is 21.6 Å². The Hall–Kier alpha value is -2.76. The maximum absolute atomic E-state index is 13.0. The molecule has 34 heavy (non-hydrogen) atoms. The zero-order chi connectivity index (χ0) is 25.3. The summed E-state index contributed by atoms with van der Waals surface area (Å²) < 4.78 is 72.6. The number of aromatic nitrogens is 2. The van der Waals surface area contributed by atoms with Crippen LogP contribution in [0.25, 0.3) is 11.3 Å². The van der Waals surface area contributed by atoms with E-state index in [1.54, 1.807) is 13.8 Å². The molecular weight excluding hydrogens is 520 g/mol. The number of carbonyl (C=O) groups excluding carboxylic acids is 1. The molecule has 0 N–H and O–H groups in total. The molecule has 182 valence electrons. The lowest BCUT2D eigenvalue weighted by molar-refractivity contribution is -0.0502. The maximum Gasteiger partial charge on any atom is 0.534 e. The Balaban J connectivity index is 2.06. The summed E-state index contributed by atoms with van der Waals surface area (Å²) in [5.74, 6) is -1.22. The van der Waals surface area contributed by atoms with Crippen LogP contribution in [0.4, 0.5) is 13.2 Å². The second-order valence-corrected chi connectivity index (χ2v) is 9.38. The SMILES string of the molecule is CCOC(=O)c1ccc(C(C)n2nc(-c3cc(Cl)cc(Cl)c3)cc2OS(=O)(=O)C(F)(F)F)cc1. The van der Waals surface area contributed by atoms with Crippen molar-refractivity contribution >= 4 is 39.3 Å². The number of nitrogens with zero attached hydrogens (tertiary/aromatic N) is 2. The highest BCUT2D eigenvalue weighted by molar-refractivity contribution is 7.87. The van der Waals surface area contributed by atoms with Gasteiger partial charge in [-0.05, 0) is 49.7 Å². The minimum absolute atomic E-state index is 0.0757. The van der Waals surface area contributed by atoms with Crippen molar-refractivity contribution in [3.05, 3.63) is 69.7 Å². The van der Waals surface area contributed by atoms with Crippen LogP contribution >= 0.6 is 23.2 Å². The summed E-state index contributed by atoms with van der Waals surface area (Å²) in [4.78, 5) is 11.9. The fourth-order valence-electron chi connectivity index (χ4n) is 2.97. The first-order chi connectivity index (χ1) is 15.8. The first kappa shape index (κ1) is 25.9. The summed E-state index contributed by atoms with van der Waals surface area (Å²) in [5, 5.41) is 4.72. The Bertz CT molecular complexity index is 1290. The summed E-state index contributed by atoms with van der Waals surface area (Å²) in [6.45, 7) is 3.41. The molecule has 1 heterocycles. The van der Waals surface area contributed by atoms with Crippen LogP contribution in [0.1, 0.15) is 35.8 Å². The highest BCUT2D eigenvalue weighted by Gasteiger charge is 2.49. The van der Waals surface area contributed by atoms with Crippen LogP contribution in [0.5, 0.6) is 5.88 Å². The molecule has 3 aromatic rings. The van der Waals surface area contributed by atoms with Crippen LogP contribution in [0.15, 0.2) is 48.5 Å². The van der Waals surface area contributed by atoms with Gasteiger partial charge in [0.25, 0.3) is 0 Å². The number of carbonyl (C=O) groups is 1. The van der Waals surface area contributed by atoms with Gasteiger partial charge in [0.05, 0.1) is 23.9 Å². The molecule has 7 nitrogen and oxygen atoms in total. The van der Waals surface area contributed by atoms with Gasteiger partial charge in [-0.25, -0.2) is 9.48 Å². The smallest absolute Gasteiger partial charge is 0.462 e. The van der Waals surface area contributed by atoms with E-state index in [1.807, 2.05) is 0 Å². The average Bonchev–Trinajstić information content (AvgIpc) is 3.15. The quantitative estimate of drug-likeness (QED) is 0.213. The third-order valence-corrected chi connectivity index (χ3v) is 6.00. The Kier molecular flexibility index (Phi) is 7.49. The van der Waals surface area contributed by atoms with Gasteiger partial charge in [-0.2, -0.15) is 26.7 Å². The highest BCUT2D eigenvalue weighted by Crippen LogP contribution is 2.34. The molecule has 0 saturated heterocycles. The molecule has 13 heteroatoms. The number of hydrogen-bond donors (Lipinski definition) is 0. The van der Waals surface area contributed by atoms with Crippen LogP contribution < -0.4 is 4.18 Å². The van der Waals surface area contributed by atoms with Crippen molar-refractivity contribution in [2.24, 2.45) is 0 Å². The summed E-state index contributed by atoms with van der Waals surface area (Å²) in [6, 6.07) is 10.6. The third kappa shape index (κ3) is 5.65. The molecule has 0 spiro atoms. The lowest BCUT2D eigenvalue weighted by Gasteiger charge is -2.17. The third-order valence-electron chi connectivity index (χ3n) is 4.61. The van der Waals surface area contributed by atoms with Crippen molar-refractivity contribution in [1.29, 1.82) is 0 Å². The molecule has 0 amide bonds. The van der Waals surface area contributed by atoms with Crippen molar-refractivity contribution in [1.82, 2.24) is 9.78 Å². The first-order valence-corrected chi connectivity index (χ1v) is 11.8. The van der Waals surface area contributed by atoms with Crippen LogP contribution in [0.3, 0.4) is 0 Å². The minimum atomic E-state index is -5.97. The van der Waals surface area contributed by atoms with Gasteiger partial charge in [-0.3, -0.25) is 0 Å².